The largest absolute Gasteiger partial charge is 0.459 e. The number of hydrogen-bond acceptors (Lipinski definition) is 2. The van der Waals surface area contributed by atoms with Gasteiger partial charge in [0.15, 0.2) is 0 Å². The van der Waals surface area contributed by atoms with Crippen LogP contribution in [0.1, 0.15) is 97.8 Å². The van der Waals surface area contributed by atoms with Gasteiger partial charge in [-0.15, -0.1) is 0 Å². The van der Waals surface area contributed by atoms with E-state index in [2.05, 4.69) is 32.9 Å². The fraction of sp³-hybridized carbons (Fsp3) is 0.875. The van der Waals surface area contributed by atoms with E-state index in [1.54, 1.807) is 0 Å². The molecule has 4 bridgehead atoms. The number of carbonyl (C=O) groups excluding carboxylic acids is 1. The third kappa shape index (κ3) is 4.37. The fourth-order valence-electron chi connectivity index (χ4n) is 6.20. The highest BCUT2D eigenvalue weighted by Crippen LogP contribution is 2.59. The predicted molar refractivity (Wildman–Crippen MR) is 108 cm³/mol. The average Bonchev–Trinajstić information content (AvgIpc) is 2.61. The Bertz CT molecular complexity index is 464. The van der Waals surface area contributed by atoms with Gasteiger partial charge < -0.3 is 4.74 Å². The summed E-state index contributed by atoms with van der Waals surface area (Å²) in [5.74, 6) is 3.31. The van der Waals surface area contributed by atoms with Gasteiger partial charge in [0.1, 0.15) is 5.60 Å². The summed E-state index contributed by atoms with van der Waals surface area (Å²) in [6, 6.07) is 0. The minimum absolute atomic E-state index is 0.105. The molecule has 0 spiro atoms. The second kappa shape index (κ2) is 8.93. The normalized spacial score (nSPS) is 36.6. The molecule has 2 heteroatoms. The van der Waals surface area contributed by atoms with Crippen molar-refractivity contribution < 1.29 is 9.53 Å². The highest BCUT2D eigenvalue weighted by atomic mass is 16.6. The summed E-state index contributed by atoms with van der Waals surface area (Å²) in [7, 11) is 0. The van der Waals surface area contributed by atoms with Gasteiger partial charge in [-0.1, -0.05) is 38.8 Å². The number of esters is 1. The molecule has 4 aliphatic rings. The average molecular weight is 361 g/mol. The van der Waals surface area contributed by atoms with Gasteiger partial charge in [0.25, 0.3) is 0 Å². The Balaban J connectivity index is 1.54. The number of hydrogen-bond donors (Lipinski definition) is 0. The van der Waals surface area contributed by atoms with E-state index in [1.807, 2.05) is 0 Å². The molecule has 0 radical (unpaired) electrons. The van der Waals surface area contributed by atoms with E-state index >= 15 is 0 Å². The topological polar surface area (TPSA) is 26.3 Å². The molecule has 0 aromatic carbocycles. The van der Waals surface area contributed by atoms with Crippen molar-refractivity contribution in [1.29, 1.82) is 0 Å². The monoisotopic (exact) mass is 360 g/mol. The van der Waals surface area contributed by atoms with Crippen LogP contribution in [0.2, 0.25) is 0 Å². The second-order valence-corrected chi connectivity index (χ2v) is 9.59. The van der Waals surface area contributed by atoms with Gasteiger partial charge in [0, 0.05) is 0 Å². The summed E-state index contributed by atoms with van der Waals surface area (Å²) in [5.41, 5.74) is -0.169. The lowest BCUT2D eigenvalue weighted by Gasteiger charge is -2.59. The van der Waals surface area contributed by atoms with Crippen LogP contribution >= 0.6 is 0 Å². The molecular weight excluding hydrogens is 320 g/mol. The molecule has 0 heterocycles. The van der Waals surface area contributed by atoms with Crippen LogP contribution < -0.4 is 0 Å². The minimum atomic E-state index is -0.169. The molecule has 4 fully saturated rings. The summed E-state index contributed by atoms with van der Waals surface area (Å²) in [6.45, 7) is 6.67. The van der Waals surface area contributed by atoms with E-state index in [9.17, 15) is 4.79 Å². The molecule has 0 aromatic rings. The predicted octanol–water partition coefficient (Wildman–Crippen LogP) is 6.69. The molecule has 2 nitrogen and oxygen atoms in total. The van der Waals surface area contributed by atoms with Crippen LogP contribution in [0.25, 0.3) is 0 Å². The molecule has 0 saturated heterocycles. The van der Waals surface area contributed by atoms with Gasteiger partial charge in [0.2, 0.25) is 0 Å². The van der Waals surface area contributed by atoms with Gasteiger partial charge in [0.05, 0.1) is 5.92 Å². The third-order valence-corrected chi connectivity index (χ3v) is 7.60. The van der Waals surface area contributed by atoms with Gasteiger partial charge >= 0.3 is 5.97 Å². The van der Waals surface area contributed by atoms with Crippen molar-refractivity contribution in [2.45, 2.75) is 103 Å². The molecular formula is C24H40O2. The van der Waals surface area contributed by atoms with E-state index < -0.39 is 0 Å². The van der Waals surface area contributed by atoms with Crippen LogP contribution in [0.3, 0.4) is 0 Å². The zero-order chi connectivity index (χ0) is 18.6. The first-order valence-electron chi connectivity index (χ1n) is 11.4. The number of ether oxygens (including phenoxy) is 1. The van der Waals surface area contributed by atoms with Crippen LogP contribution in [0, 0.1) is 29.6 Å². The van der Waals surface area contributed by atoms with Gasteiger partial charge in [-0.2, -0.15) is 0 Å². The molecule has 4 saturated carbocycles. The standard InChI is InChI=1S/C24H40O2/c1-4-6-7-8-9-10-12-20(11-5-2)23(25)26-24(3)21-14-18-13-19(16-21)17-22(24)15-18/h7-8,18-22H,4-6,9-17H2,1-3H3. The van der Waals surface area contributed by atoms with E-state index in [4.69, 9.17) is 4.74 Å². The number of unbranched alkanes of at least 4 members (excludes halogenated alkanes) is 2. The molecule has 0 aromatic heterocycles. The van der Waals surface area contributed by atoms with Crippen LogP contribution in [0.15, 0.2) is 12.2 Å². The van der Waals surface area contributed by atoms with Crippen LogP contribution in [-0.4, -0.2) is 11.6 Å². The molecule has 0 aliphatic heterocycles. The molecule has 1 unspecified atom stereocenters. The highest BCUT2D eigenvalue weighted by molar-refractivity contribution is 5.73. The summed E-state index contributed by atoms with van der Waals surface area (Å²) in [5, 5.41) is 0. The minimum Gasteiger partial charge on any atom is -0.459 e. The van der Waals surface area contributed by atoms with Crippen molar-refractivity contribution in [3.05, 3.63) is 12.2 Å². The number of rotatable bonds is 10. The van der Waals surface area contributed by atoms with Crippen molar-refractivity contribution in [1.82, 2.24) is 0 Å². The molecule has 4 aliphatic carbocycles. The van der Waals surface area contributed by atoms with Crippen LogP contribution in [0.4, 0.5) is 0 Å². The lowest BCUT2D eigenvalue weighted by atomic mass is 9.50. The lowest BCUT2D eigenvalue weighted by molar-refractivity contribution is -0.207. The molecule has 0 N–H and O–H groups in total. The van der Waals surface area contributed by atoms with E-state index in [0.29, 0.717) is 11.8 Å². The maximum atomic E-state index is 13.1. The van der Waals surface area contributed by atoms with E-state index in [0.717, 1.165) is 43.9 Å². The van der Waals surface area contributed by atoms with Gasteiger partial charge in [-0.3, -0.25) is 4.79 Å². The third-order valence-electron chi connectivity index (χ3n) is 7.60. The number of allylic oxidation sites excluding steroid dienone is 2. The quantitative estimate of drug-likeness (QED) is 0.246. The van der Waals surface area contributed by atoms with Crippen LogP contribution in [0.5, 0.6) is 0 Å². The number of carbonyl (C=O) groups is 1. The Hall–Kier alpha value is -0.790. The summed E-state index contributed by atoms with van der Waals surface area (Å²) in [6.07, 6.45) is 18.8. The van der Waals surface area contributed by atoms with Crippen molar-refractivity contribution in [3.8, 4) is 0 Å². The van der Waals surface area contributed by atoms with Gasteiger partial charge in [-0.25, -0.2) is 0 Å². The maximum Gasteiger partial charge on any atom is 0.309 e. The van der Waals surface area contributed by atoms with E-state index in [-0.39, 0.29) is 17.5 Å². The Morgan fingerprint density at radius 1 is 0.962 bits per heavy atom. The molecule has 26 heavy (non-hydrogen) atoms. The first-order chi connectivity index (χ1) is 12.6. The Labute approximate surface area is 161 Å². The van der Waals surface area contributed by atoms with Gasteiger partial charge in [-0.05, 0) is 94.8 Å². The summed E-state index contributed by atoms with van der Waals surface area (Å²) in [4.78, 5) is 13.1. The summed E-state index contributed by atoms with van der Waals surface area (Å²) >= 11 is 0. The Kier molecular flexibility index (Phi) is 6.86. The van der Waals surface area contributed by atoms with Crippen molar-refractivity contribution in [2.24, 2.45) is 29.6 Å². The lowest BCUT2D eigenvalue weighted by Crippen LogP contribution is -2.58. The zero-order valence-electron chi connectivity index (χ0n) is 17.3. The van der Waals surface area contributed by atoms with Crippen molar-refractivity contribution in [2.75, 3.05) is 0 Å². The zero-order valence-corrected chi connectivity index (χ0v) is 17.3. The molecule has 0 amide bonds. The Morgan fingerprint density at radius 2 is 1.58 bits per heavy atom. The fourth-order valence-corrected chi connectivity index (χ4v) is 6.20. The van der Waals surface area contributed by atoms with E-state index in [1.165, 1.54) is 44.9 Å². The maximum absolute atomic E-state index is 13.1. The molecule has 4 rings (SSSR count). The summed E-state index contributed by atoms with van der Waals surface area (Å²) < 4.78 is 6.37. The van der Waals surface area contributed by atoms with Crippen molar-refractivity contribution >= 4 is 5.97 Å². The highest BCUT2D eigenvalue weighted by Gasteiger charge is 2.57. The SMILES string of the molecule is CCCC=CCCCC(CCC)C(=O)OC1(C)C2CC3CC(C2)CC1C3. The molecule has 148 valence electrons. The first kappa shape index (κ1) is 20.0. The smallest absolute Gasteiger partial charge is 0.309 e. The Morgan fingerprint density at radius 3 is 2.15 bits per heavy atom. The van der Waals surface area contributed by atoms with Crippen molar-refractivity contribution in [3.63, 3.8) is 0 Å². The van der Waals surface area contributed by atoms with Crippen LogP contribution in [-0.2, 0) is 9.53 Å². The first-order valence-corrected chi connectivity index (χ1v) is 11.4. The molecule has 1 atom stereocenters. The second-order valence-electron chi connectivity index (χ2n) is 9.59.